The normalized spacial score (nSPS) is 11.6. The number of terminal acetylenes is 1. The molecular formula is C15H20Si. The molecule has 1 aromatic rings. The molecule has 0 bridgehead atoms. The van der Waals surface area contributed by atoms with E-state index in [0.29, 0.717) is 0 Å². The van der Waals surface area contributed by atoms with E-state index in [1.54, 1.807) is 0 Å². The molecule has 0 nitrogen and oxygen atoms in total. The fraction of sp³-hybridized carbons (Fsp3) is 0.333. The van der Waals surface area contributed by atoms with Crippen molar-refractivity contribution >= 4 is 14.1 Å². The van der Waals surface area contributed by atoms with Gasteiger partial charge in [-0.3, -0.25) is 0 Å². The van der Waals surface area contributed by atoms with Crippen LogP contribution in [0.4, 0.5) is 0 Å². The molecule has 1 heteroatoms. The lowest BCUT2D eigenvalue weighted by atomic mass is 10.2. The van der Waals surface area contributed by atoms with Gasteiger partial charge in [-0.05, 0) is 12.0 Å². The van der Waals surface area contributed by atoms with Crippen molar-refractivity contribution in [2.75, 3.05) is 0 Å². The third kappa shape index (κ3) is 5.00. The summed E-state index contributed by atoms with van der Waals surface area (Å²) in [6.07, 6.45) is 9.60. The molecule has 0 aliphatic heterocycles. The number of hydrogen-bond acceptors (Lipinski definition) is 0. The van der Waals surface area contributed by atoms with Crippen LogP contribution in [0.5, 0.6) is 0 Å². The molecule has 0 unspecified atom stereocenters. The van der Waals surface area contributed by atoms with Crippen molar-refractivity contribution in [1.82, 2.24) is 0 Å². The van der Waals surface area contributed by atoms with E-state index in [4.69, 9.17) is 6.42 Å². The summed E-state index contributed by atoms with van der Waals surface area (Å²) in [6.45, 7) is 4.78. The van der Waals surface area contributed by atoms with Crippen LogP contribution in [0.2, 0.25) is 19.1 Å². The molecule has 1 aromatic carbocycles. The topological polar surface area (TPSA) is 0 Å². The molecular weight excluding hydrogens is 208 g/mol. The van der Waals surface area contributed by atoms with E-state index in [2.05, 4.69) is 55.1 Å². The van der Waals surface area contributed by atoms with Crippen LogP contribution in [-0.4, -0.2) is 8.07 Å². The fourth-order valence-corrected chi connectivity index (χ4v) is 3.51. The average Bonchev–Trinajstić information content (AvgIpc) is 2.28. The Bertz CT molecular complexity index is 368. The van der Waals surface area contributed by atoms with Gasteiger partial charge in [-0.15, -0.1) is 12.3 Å². The minimum atomic E-state index is -1.20. The second kappa shape index (κ2) is 6.35. The molecule has 0 saturated heterocycles. The van der Waals surface area contributed by atoms with Crippen LogP contribution in [0.3, 0.4) is 0 Å². The second-order valence-corrected chi connectivity index (χ2v) is 9.60. The van der Waals surface area contributed by atoms with Gasteiger partial charge in [0, 0.05) is 6.42 Å². The first-order valence-electron chi connectivity index (χ1n) is 5.82. The van der Waals surface area contributed by atoms with Crippen LogP contribution < -0.4 is 0 Å². The van der Waals surface area contributed by atoms with E-state index in [-0.39, 0.29) is 0 Å². The van der Waals surface area contributed by atoms with Crippen molar-refractivity contribution in [3.8, 4) is 12.3 Å². The van der Waals surface area contributed by atoms with Gasteiger partial charge in [0.25, 0.3) is 0 Å². The van der Waals surface area contributed by atoms with Gasteiger partial charge in [-0.25, -0.2) is 0 Å². The lowest BCUT2D eigenvalue weighted by Gasteiger charge is -2.16. The van der Waals surface area contributed by atoms with Crippen LogP contribution in [0.25, 0.3) is 6.08 Å². The fourth-order valence-electron chi connectivity index (χ4n) is 1.62. The Kier molecular flexibility index (Phi) is 5.08. The SMILES string of the molecule is C#CCCC[Si](C)(C)/C=C/c1ccccc1. The molecule has 0 aromatic heterocycles. The molecule has 0 spiro atoms. The summed E-state index contributed by atoms with van der Waals surface area (Å²) in [6, 6.07) is 11.8. The maximum absolute atomic E-state index is 5.27. The van der Waals surface area contributed by atoms with Gasteiger partial charge < -0.3 is 0 Å². The number of hydrogen-bond donors (Lipinski definition) is 0. The van der Waals surface area contributed by atoms with E-state index in [1.807, 2.05) is 6.07 Å². The molecule has 0 heterocycles. The molecule has 0 aliphatic rings. The Morgan fingerprint density at radius 1 is 1.25 bits per heavy atom. The Labute approximate surface area is 100 Å². The van der Waals surface area contributed by atoms with E-state index < -0.39 is 8.07 Å². The largest absolute Gasteiger partial charge is 0.120 e. The van der Waals surface area contributed by atoms with Crippen LogP contribution >= 0.6 is 0 Å². The minimum Gasteiger partial charge on any atom is -0.120 e. The highest BCUT2D eigenvalue weighted by molar-refractivity contribution is 6.82. The number of unbranched alkanes of at least 4 members (excludes halogenated alkanes) is 1. The Morgan fingerprint density at radius 2 is 1.94 bits per heavy atom. The first-order chi connectivity index (χ1) is 7.64. The van der Waals surface area contributed by atoms with Crippen LogP contribution in [-0.2, 0) is 0 Å². The van der Waals surface area contributed by atoms with E-state index >= 15 is 0 Å². The Morgan fingerprint density at radius 3 is 2.56 bits per heavy atom. The molecule has 84 valence electrons. The molecule has 1 rings (SSSR count). The van der Waals surface area contributed by atoms with Crippen molar-refractivity contribution in [2.24, 2.45) is 0 Å². The van der Waals surface area contributed by atoms with Crippen molar-refractivity contribution in [3.05, 3.63) is 41.6 Å². The van der Waals surface area contributed by atoms with Gasteiger partial charge >= 0.3 is 0 Å². The summed E-state index contributed by atoms with van der Waals surface area (Å²) < 4.78 is 0. The molecule has 0 aliphatic carbocycles. The lowest BCUT2D eigenvalue weighted by Crippen LogP contribution is -2.21. The highest BCUT2D eigenvalue weighted by Crippen LogP contribution is 2.16. The summed E-state index contributed by atoms with van der Waals surface area (Å²) in [5.74, 6) is 2.71. The molecule has 0 atom stereocenters. The van der Waals surface area contributed by atoms with E-state index in [9.17, 15) is 0 Å². The summed E-state index contributed by atoms with van der Waals surface area (Å²) in [5, 5.41) is 0. The highest BCUT2D eigenvalue weighted by atomic mass is 28.3. The highest BCUT2D eigenvalue weighted by Gasteiger charge is 2.15. The number of benzene rings is 1. The zero-order valence-corrected chi connectivity index (χ0v) is 11.2. The third-order valence-corrected chi connectivity index (χ3v) is 5.38. The molecule has 0 amide bonds. The van der Waals surface area contributed by atoms with Crippen molar-refractivity contribution in [2.45, 2.75) is 32.0 Å². The van der Waals surface area contributed by atoms with Gasteiger partial charge in [-0.1, -0.05) is 61.2 Å². The van der Waals surface area contributed by atoms with Crippen LogP contribution in [0.1, 0.15) is 18.4 Å². The van der Waals surface area contributed by atoms with Crippen LogP contribution in [0.15, 0.2) is 36.0 Å². The summed E-state index contributed by atoms with van der Waals surface area (Å²) in [4.78, 5) is 0. The van der Waals surface area contributed by atoms with Crippen LogP contribution in [0, 0.1) is 12.3 Å². The van der Waals surface area contributed by atoms with Crippen molar-refractivity contribution in [1.29, 1.82) is 0 Å². The zero-order chi connectivity index (χ0) is 11.9. The second-order valence-electron chi connectivity index (χ2n) is 4.79. The Hall–Kier alpha value is -1.26. The molecule has 0 N–H and O–H groups in total. The van der Waals surface area contributed by atoms with Gasteiger partial charge in [0.1, 0.15) is 0 Å². The lowest BCUT2D eigenvalue weighted by molar-refractivity contribution is 0.960. The van der Waals surface area contributed by atoms with Crippen molar-refractivity contribution < 1.29 is 0 Å². The van der Waals surface area contributed by atoms with Gasteiger partial charge in [0.05, 0.1) is 8.07 Å². The maximum Gasteiger partial charge on any atom is 0.0718 e. The zero-order valence-electron chi connectivity index (χ0n) is 10.2. The summed E-state index contributed by atoms with van der Waals surface area (Å²) in [7, 11) is -1.20. The Balaban J connectivity index is 2.52. The first kappa shape index (κ1) is 12.8. The predicted octanol–water partition coefficient (Wildman–Crippen LogP) is 4.36. The molecule has 0 fully saturated rings. The van der Waals surface area contributed by atoms with Crippen molar-refractivity contribution in [3.63, 3.8) is 0 Å². The summed E-state index contributed by atoms with van der Waals surface area (Å²) >= 11 is 0. The predicted molar refractivity (Wildman–Crippen MR) is 75.8 cm³/mol. The standard InChI is InChI=1S/C15H20Si/c1-4-5-9-13-16(2,3)14-12-15-10-7-6-8-11-15/h1,6-8,10-12,14H,5,9,13H2,2-3H3/b14-12+. The third-order valence-electron chi connectivity index (χ3n) is 2.67. The average molecular weight is 228 g/mol. The monoisotopic (exact) mass is 228 g/mol. The minimum absolute atomic E-state index is 0.912. The van der Waals surface area contributed by atoms with E-state index in [0.717, 1.165) is 12.8 Å². The smallest absolute Gasteiger partial charge is 0.0718 e. The van der Waals surface area contributed by atoms with E-state index in [1.165, 1.54) is 11.6 Å². The number of rotatable bonds is 5. The maximum atomic E-state index is 5.27. The van der Waals surface area contributed by atoms with Gasteiger partial charge in [0.2, 0.25) is 0 Å². The van der Waals surface area contributed by atoms with Gasteiger partial charge in [-0.2, -0.15) is 0 Å². The van der Waals surface area contributed by atoms with Gasteiger partial charge in [0.15, 0.2) is 0 Å². The molecule has 0 saturated carbocycles. The first-order valence-corrected chi connectivity index (χ1v) is 9.10. The summed E-state index contributed by atoms with van der Waals surface area (Å²) in [5.41, 5.74) is 3.71. The quantitative estimate of drug-likeness (QED) is 0.399. The molecule has 0 radical (unpaired) electrons. The molecule has 16 heavy (non-hydrogen) atoms.